The highest BCUT2D eigenvalue weighted by atomic mass is 32.1. The molecule has 6 heteroatoms. The molecule has 0 bridgehead atoms. The van der Waals surface area contributed by atoms with E-state index in [2.05, 4.69) is 36.3 Å². The standard InChI is InChI=1S/C28H26N2O3S/c1-18(2)19-8-11-22(12-9-19)30-27(31)26-17-29-28(34-26)32-23-13-15-25-21(16-23)10-14-24(33-25)20-6-4-3-5-7-20/h3-9,11-13,15-18,24H,10,14H2,1-2H3,(H,30,31)/t24-/m0/s1. The van der Waals surface area contributed by atoms with E-state index in [9.17, 15) is 4.79 Å². The van der Waals surface area contributed by atoms with Gasteiger partial charge in [0.25, 0.3) is 11.1 Å². The molecule has 34 heavy (non-hydrogen) atoms. The number of hydrogen-bond donors (Lipinski definition) is 1. The minimum atomic E-state index is -0.199. The Morgan fingerprint density at radius 1 is 1.09 bits per heavy atom. The predicted molar refractivity (Wildman–Crippen MR) is 135 cm³/mol. The third-order valence-corrected chi connectivity index (χ3v) is 6.77. The molecule has 1 N–H and O–H groups in total. The first-order chi connectivity index (χ1) is 16.5. The summed E-state index contributed by atoms with van der Waals surface area (Å²) in [4.78, 5) is 17.4. The molecule has 5 nitrogen and oxygen atoms in total. The highest BCUT2D eigenvalue weighted by Crippen LogP contribution is 2.38. The van der Waals surface area contributed by atoms with E-state index < -0.39 is 0 Å². The predicted octanol–water partition coefficient (Wildman–Crippen LogP) is 7.38. The average Bonchev–Trinajstić information content (AvgIpc) is 3.33. The Bertz CT molecular complexity index is 1280. The summed E-state index contributed by atoms with van der Waals surface area (Å²) in [5, 5.41) is 3.35. The van der Waals surface area contributed by atoms with Crippen LogP contribution in [0.1, 0.15) is 58.7 Å². The van der Waals surface area contributed by atoms with Gasteiger partial charge < -0.3 is 14.8 Å². The number of amides is 1. The first kappa shape index (κ1) is 22.2. The lowest BCUT2D eigenvalue weighted by Crippen LogP contribution is -2.15. The van der Waals surface area contributed by atoms with Crippen molar-refractivity contribution in [3.05, 3.63) is 101 Å². The van der Waals surface area contributed by atoms with E-state index in [1.54, 1.807) is 6.20 Å². The second-order valence-corrected chi connectivity index (χ2v) is 9.64. The summed E-state index contributed by atoms with van der Waals surface area (Å²) in [6, 6.07) is 24.0. The fourth-order valence-electron chi connectivity index (χ4n) is 3.99. The maximum atomic E-state index is 12.6. The number of rotatable bonds is 6. The van der Waals surface area contributed by atoms with Crippen LogP contribution in [0.15, 0.2) is 79.0 Å². The largest absolute Gasteiger partial charge is 0.485 e. The van der Waals surface area contributed by atoms with Gasteiger partial charge in [0, 0.05) is 5.69 Å². The molecule has 0 radical (unpaired) electrons. The molecule has 4 aromatic rings. The van der Waals surface area contributed by atoms with Crippen LogP contribution in [-0.4, -0.2) is 10.9 Å². The minimum Gasteiger partial charge on any atom is -0.485 e. The van der Waals surface area contributed by atoms with Gasteiger partial charge in [0.2, 0.25) is 0 Å². The van der Waals surface area contributed by atoms with Crippen molar-refractivity contribution in [3.63, 3.8) is 0 Å². The lowest BCUT2D eigenvalue weighted by atomic mass is 9.97. The summed E-state index contributed by atoms with van der Waals surface area (Å²) < 4.78 is 12.2. The van der Waals surface area contributed by atoms with Gasteiger partial charge in [0.15, 0.2) is 0 Å². The molecule has 172 valence electrons. The van der Waals surface area contributed by atoms with Crippen molar-refractivity contribution < 1.29 is 14.3 Å². The van der Waals surface area contributed by atoms with Crippen LogP contribution in [0.4, 0.5) is 5.69 Å². The number of carbonyl (C=O) groups is 1. The zero-order chi connectivity index (χ0) is 23.5. The molecule has 1 aliphatic rings. The number of aryl methyl sites for hydroxylation is 1. The van der Waals surface area contributed by atoms with E-state index in [4.69, 9.17) is 9.47 Å². The summed E-state index contributed by atoms with van der Waals surface area (Å²) in [6.45, 7) is 4.28. The molecule has 1 atom stereocenters. The van der Waals surface area contributed by atoms with Crippen LogP contribution in [-0.2, 0) is 6.42 Å². The van der Waals surface area contributed by atoms with Crippen molar-refractivity contribution in [2.75, 3.05) is 5.32 Å². The Kier molecular flexibility index (Phi) is 6.32. The molecule has 1 aliphatic heterocycles. The fourth-order valence-corrected chi connectivity index (χ4v) is 4.67. The summed E-state index contributed by atoms with van der Waals surface area (Å²) in [6.07, 6.45) is 3.44. The smallest absolute Gasteiger partial charge is 0.279 e. The molecule has 3 aromatic carbocycles. The Balaban J connectivity index is 1.22. The molecular formula is C28H26N2O3S. The number of anilines is 1. The number of benzene rings is 3. The SMILES string of the molecule is CC(C)c1ccc(NC(=O)c2cnc(Oc3ccc4c(c3)CC[C@@H](c3ccccc3)O4)s2)cc1. The first-order valence-corrected chi connectivity index (χ1v) is 12.3. The third kappa shape index (κ3) is 4.97. The number of ether oxygens (including phenoxy) is 2. The number of aromatic nitrogens is 1. The van der Waals surface area contributed by atoms with Crippen LogP contribution in [0.2, 0.25) is 0 Å². The second-order valence-electron chi connectivity index (χ2n) is 8.65. The summed E-state index contributed by atoms with van der Waals surface area (Å²) in [5.41, 5.74) is 4.30. The molecule has 1 amide bonds. The van der Waals surface area contributed by atoms with Crippen molar-refractivity contribution in [1.82, 2.24) is 4.98 Å². The number of hydrogen-bond acceptors (Lipinski definition) is 5. The maximum Gasteiger partial charge on any atom is 0.279 e. The quantitative estimate of drug-likeness (QED) is 0.319. The molecule has 0 saturated heterocycles. The van der Waals surface area contributed by atoms with Crippen LogP contribution in [0, 0.1) is 0 Å². The first-order valence-electron chi connectivity index (χ1n) is 11.4. The number of carbonyl (C=O) groups excluding carboxylic acids is 1. The van der Waals surface area contributed by atoms with Crippen molar-refractivity contribution in [1.29, 1.82) is 0 Å². The highest BCUT2D eigenvalue weighted by molar-refractivity contribution is 7.15. The van der Waals surface area contributed by atoms with Gasteiger partial charge in [0.1, 0.15) is 22.5 Å². The fraction of sp³-hybridized carbons (Fsp3) is 0.214. The van der Waals surface area contributed by atoms with Gasteiger partial charge in [-0.05, 0) is 65.8 Å². The third-order valence-electron chi connectivity index (χ3n) is 5.90. The van der Waals surface area contributed by atoms with Gasteiger partial charge in [-0.2, -0.15) is 0 Å². The normalized spacial score (nSPS) is 14.9. The molecule has 0 unspecified atom stereocenters. The van der Waals surface area contributed by atoms with Gasteiger partial charge in [-0.25, -0.2) is 4.98 Å². The topological polar surface area (TPSA) is 60.5 Å². The van der Waals surface area contributed by atoms with Gasteiger partial charge >= 0.3 is 0 Å². The second kappa shape index (κ2) is 9.69. The summed E-state index contributed by atoms with van der Waals surface area (Å²) >= 11 is 1.22. The zero-order valence-corrected chi connectivity index (χ0v) is 20.0. The van der Waals surface area contributed by atoms with Crippen LogP contribution < -0.4 is 14.8 Å². The molecule has 1 aromatic heterocycles. The van der Waals surface area contributed by atoms with Crippen molar-refractivity contribution >= 4 is 22.9 Å². The molecular weight excluding hydrogens is 444 g/mol. The van der Waals surface area contributed by atoms with Crippen LogP contribution >= 0.6 is 11.3 Å². The van der Waals surface area contributed by atoms with Gasteiger partial charge in [-0.1, -0.05) is 67.6 Å². The van der Waals surface area contributed by atoms with Crippen LogP contribution in [0.5, 0.6) is 16.7 Å². The molecule has 2 heterocycles. The lowest BCUT2D eigenvalue weighted by Gasteiger charge is -2.26. The number of fused-ring (bicyclic) bond motifs is 1. The number of nitrogens with one attached hydrogen (secondary N) is 1. The maximum absolute atomic E-state index is 12.6. The lowest BCUT2D eigenvalue weighted by molar-refractivity contribution is 0.103. The number of nitrogens with zero attached hydrogens (tertiary/aromatic N) is 1. The van der Waals surface area contributed by atoms with Crippen molar-refractivity contribution in [2.24, 2.45) is 0 Å². The van der Waals surface area contributed by atoms with E-state index in [0.717, 1.165) is 29.8 Å². The average molecular weight is 471 g/mol. The zero-order valence-electron chi connectivity index (χ0n) is 19.2. The molecule has 0 spiro atoms. The van der Waals surface area contributed by atoms with Crippen LogP contribution in [0.3, 0.4) is 0 Å². The summed E-state index contributed by atoms with van der Waals surface area (Å²) in [7, 11) is 0. The van der Waals surface area contributed by atoms with E-state index in [1.807, 2.05) is 60.7 Å². The van der Waals surface area contributed by atoms with Crippen LogP contribution in [0.25, 0.3) is 0 Å². The summed E-state index contributed by atoms with van der Waals surface area (Å²) in [5.74, 6) is 1.82. The van der Waals surface area contributed by atoms with Crippen molar-refractivity contribution in [3.8, 4) is 16.7 Å². The van der Waals surface area contributed by atoms with E-state index in [0.29, 0.717) is 21.7 Å². The molecule has 0 saturated carbocycles. The van der Waals surface area contributed by atoms with Gasteiger partial charge in [0.05, 0.1) is 6.20 Å². The Labute approximate surface area is 203 Å². The number of thiazole rings is 1. The Morgan fingerprint density at radius 3 is 2.65 bits per heavy atom. The van der Waals surface area contributed by atoms with E-state index in [-0.39, 0.29) is 12.0 Å². The Morgan fingerprint density at radius 2 is 1.88 bits per heavy atom. The van der Waals surface area contributed by atoms with Gasteiger partial charge in [-0.3, -0.25) is 4.79 Å². The highest BCUT2D eigenvalue weighted by Gasteiger charge is 2.22. The molecule has 0 aliphatic carbocycles. The monoisotopic (exact) mass is 470 g/mol. The Hall–Kier alpha value is -3.64. The van der Waals surface area contributed by atoms with E-state index in [1.165, 1.54) is 22.5 Å². The van der Waals surface area contributed by atoms with Crippen molar-refractivity contribution in [2.45, 2.75) is 38.7 Å². The molecule has 5 rings (SSSR count). The molecule has 0 fully saturated rings. The van der Waals surface area contributed by atoms with E-state index >= 15 is 0 Å². The minimum absolute atomic E-state index is 0.0714. The van der Waals surface area contributed by atoms with Gasteiger partial charge in [-0.15, -0.1) is 0 Å².